The third-order valence-electron chi connectivity index (χ3n) is 6.14. The quantitative estimate of drug-likeness (QED) is 0.648. The van der Waals surface area contributed by atoms with Crippen molar-refractivity contribution < 1.29 is 49.4 Å². The van der Waals surface area contributed by atoms with Crippen LogP contribution in [-0.2, 0) is 11.3 Å². The molecule has 0 saturated carbocycles. The standard InChI is InChI=1S/C17H17F9N4O3/c18-15(19,20)10-1-2-28-12(31)4-11(29-5-9-3-8(29)6-33-9)27-13(28)30(10)7-14(32,16(21,22)23)17(24,25)26/h4,8-10,32H,1-3,5-7H2. The first-order valence-corrected chi connectivity index (χ1v) is 9.72. The Bertz CT molecular complexity index is 960. The number of fused-ring (bicyclic) bond motifs is 3. The zero-order valence-electron chi connectivity index (χ0n) is 16.5. The van der Waals surface area contributed by atoms with Crippen molar-refractivity contribution >= 4 is 11.8 Å². The molecule has 1 N–H and O–H groups in total. The van der Waals surface area contributed by atoms with Crippen LogP contribution in [0.2, 0.25) is 0 Å². The molecule has 2 bridgehead atoms. The summed E-state index contributed by atoms with van der Waals surface area (Å²) in [6.45, 7) is -2.75. The summed E-state index contributed by atoms with van der Waals surface area (Å²) in [5.41, 5.74) is -6.44. The fourth-order valence-electron chi connectivity index (χ4n) is 4.39. The van der Waals surface area contributed by atoms with Gasteiger partial charge in [-0.1, -0.05) is 0 Å². The van der Waals surface area contributed by atoms with E-state index in [0.29, 0.717) is 11.0 Å². The second-order valence-corrected chi connectivity index (χ2v) is 8.23. The van der Waals surface area contributed by atoms with E-state index in [0.717, 1.165) is 6.07 Å². The molecule has 3 unspecified atom stereocenters. The average molecular weight is 496 g/mol. The van der Waals surface area contributed by atoms with Crippen LogP contribution in [0.4, 0.5) is 51.3 Å². The predicted octanol–water partition coefficient (Wildman–Crippen LogP) is 2.22. The highest BCUT2D eigenvalue weighted by molar-refractivity contribution is 5.49. The summed E-state index contributed by atoms with van der Waals surface area (Å²) in [6.07, 6.45) is -18.7. The zero-order valence-corrected chi connectivity index (χ0v) is 16.5. The van der Waals surface area contributed by atoms with Crippen LogP contribution in [0.5, 0.6) is 0 Å². The first kappa shape index (κ1) is 23.9. The van der Waals surface area contributed by atoms with Crippen molar-refractivity contribution in [2.24, 2.45) is 0 Å². The van der Waals surface area contributed by atoms with Crippen molar-refractivity contribution in [3.8, 4) is 0 Å². The van der Waals surface area contributed by atoms with Gasteiger partial charge in [0.1, 0.15) is 11.9 Å². The topological polar surface area (TPSA) is 70.8 Å². The van der Waals surface area contributed by atoms with E-state index >= 15 is 0 Å². The number of aliphatic hydroxyl groups is 1. The number of hydrogen-bond donors (Lipinski definition) is 1. The molecule has 4 heterocycles. The van der Waals surface area contributed by atoms with Crippen molar-refractivity contribution in [3.05, 3.63) is 16.4 Å². The number of anilines is 2. The molecule has 186 valence electrons. The van der Waals surface area contributed by atoms with Crippen LogP contribution in [0, 0.1) is 0 Å². The number of nitrogens with zero attached hydrogens (tertiary/aromatic N) is 4. The number of aromatic nitrogens is 2. The number of hydrogen-bond acceptors (Lipinski definition) is 6. The highest BCUT2D eigenvalue weighted by atomic mass is 19.4. The van der Waals surface area contributed by atoms with Crippen LogP contribution in [0.1, 0.15) is 12.8 Å². The Morgan fingerprint density at radius 1 is 1.09 bits per heavy atom. The van der Waals surface area contributed by atoms with Gasteiger partial charge in [0.15, 0.2) is 0 Å². The maximum absolute atomic E-state index is 13.7. The minimum absolute atomic E-state index is 0.183. The molecule has 2 saturated heterocycles. The Hall–Kier alpha value is -2.23. The number of morpholine rings is 1. The number of halogens is 9. The zero-order chi connectivity index (χ0) is 24.6. The Kier molecular flexibility index (Phi) is 5.35. The second-order valence-electron chi connectivity index (χ2n) is 8.23. The highest BCUT2D eigenvalue weighted by Crippen LogP contribution is 2.46. The smallest absolute Gasteiger partial charge is 0.374 e. The molecule has 1 aromatic heterocycles. The SMILES string of the molecule is O=c1cc(N2CC3CC2CO3)nc2n1CCC(C(F)(F)F)N2CC(O)(C(F)(F)F)C(F)(F)F. The molecule has 0 aliphatic carbocycles. The lowest BCUT2D eigenvalue weighted by Gasteiger charge is -2.44. The van der Waals surface area contributed by atoms with Gasteiger partial charge in [0.2, 0.25) is 5.95 Å². The van der Waals surface area contributed by atoms with E-state index in [9.17, 15) is 49.4 Å². The Labute approximate surface area is 179 Å². The lowest BCUT2D eigenvalue weighted by molar-refractivity contribution is -0.364. The van der Waals surface area contributed by atoms with Crippen molar-refractivity contribution in [2.75, 3.05) is 29.5 Å². The van der Waals surface area contributed by atoms with Crippen molar-refractivity contribution in [1.29, 1.82) is 0 Å². The van der Waals surface area contributed by atoms with Crippen LogP contribution in [0.15, 0.2) is 10.9 Å². The van der Waals surface area contributed by atoms with Gasteiger partial charge in [-0.25, -0.2) is 0 Å². The molecule has 16 heteroatoms. The van der Waals surface area contributed by atoms with Crippen LogP contribution in [0.3, 0.4) is 0 Å². The first-order chi connectivity index (χ1) is 15.0. The third-order valence-corrected chi connectivity index (χ3v) is 6.14. The van der Waals surface area contributed by atoms with E-state index in [-0.39, 0.29) is 36.0 Å². The minimum atomic E-state index is -6.35. The number of β-amino-alcohol motifs (C(OH)–C–C–N with tert-alkyl or cyclic N) is 1. The summed E-state index contributed by atoms with van der Waals surface area (Å²) in [4.78, 5) is 17.6. The van der Waals surface area contributed by atoms with E-state index in [2.05, 4.69) is 4.98 Å². The van der Waals surface area contributed by atoms with Crippen LogP contribution in [0.25, 0.3) is 0 Å². The van der Waals surface area contributed by atoms with Gasteiger partial charge in [0.05, 0.1) is 25.3 Å². The maximum atomic E-state index is 13.7. The summed E-state index contributed by atoms with van der Waals surface area (Å²) in [6, 6.07) is -2.16. The molecule has 0 spiro atoms. The van der Waals surface area contributed by atoms with Gasteiger partial charge in [0.25, 0.3) is 11.2 Å². The summed E-state index contributed by atoms with van der Waals surface area (Å²) in [5.74, 6) is -1.21. The highest BCUT2D eigenvalue weighted by Gasteiger charge is 2.72. The lowest BCUT2D eigenvalue weighted by atomic mass is 9.99. The molecule has 3 aliphatic heterocycles. The summed E-state index contributed by atoms with van der Waals surface area (Å²) in [7, 11) is 0. The van der Waals surface area contributed by atoms with Gasteiger partial charge in [0, 0.05) is 19.2 Å². The number of ether oxygens (including phenoxy) is 1. The van der Waals surface area contributed by atoms with Crippen molar-refractivity contribution in [2.45, 2.75) is 61.7 Å². The molecule has 0 aromatic carbocycles. The number of alkyl halides is 9. The monoisotopic (exact) mass is 496 g/mol. The molecule has 7 nitrogen and oxygen atoms in total. The molecular formula is C17H17F9N4O3. The van der Waals surface area contributed by atoms with E-state index in [1.807, 2.05) is 0 Å². The Morgan fingerprint density at radius 3 is 2.21 bits per heavy atom. The first-order valence-electron chi connectivity index (χ1n) is 9.72. The van der Waals surface area contributed by atoms with Crippen LogP contribution >= 0.6 is 0 Å². The third kappa shape index (κ3) is 3.90. The molecule has 1 aromatic rings. The maximum Gasteiger partial charge on any atom is 0.428 e. The average Bonchev–Trinajstić information content (AvgIpc) is 3.29. The van der Waals surface area contributed by atoms with E-state index in [1.165, 1.54) is 4.90 Å². The van der Waals surface area contributed by atoms with Gasteiger partial charge < -0.3 is 19.6 Å². The van der Waals surface area contributed by atoms with E-state index in [1.54, 1.807) is 0 Å². The summed E-state index contributed by atoms with van der Waals surface area (Å²) < 4.78 is 127. The molecule has 2 fully saturated rings. The summed E-state index contributed by atoms with van der Waals surface area (Å²) in [5, 5.41) is 9.58. The number of rotatable bonds is 3. The van der Waals surface area contributed by atoms with Gasteiger partial charge in [-0.3, -0.25) is 9.36 Å². The molecule has 33 heavy (non-hydrogen) atoms. The second kappa shape index (κ2) is 7.38. The molecule has 3 atom stereocenters. The predicted molar refractivity (Wildman–Crippen MR) is 92.9 cm³/mol. The van der Waals surface area contributed by atoms with E-state index < -0.39 is 61.2 Å². The van der Waals surface area contributed by atoms with Crippen LogP contribution in [-0.4, -0.2) is 76.7 Å². The van der Waals surface area contributed by atoms with Gasteiger partial charge in [-0.2, -0.15) is 44.5 Å². The van der Waals surface area contributed by atoms with Gasteiger partial charge in [-0.15, -0.1) is 0 Å². The van der Waals surface area contributed by atoms with Crippen LogP contribution < -0.4 is 15.4 Å². The normalized spacial score (nSPS) is 26.2. The van der Waals surface area contributed by atoms with Crippen molar-refractivity contribution in [3.63, 3.8) is 0 Å². The van der Waals surface area contributed by atoms with Gasteiger partial charge in [-0.05, 0) is 12.8 Å². The van der Waals surface area contributed by atoms with Crippen molar-refractivity contribution in [1.82, 2.24) is 9.55 Å². The molecule has 4 rings (SSSR count). The fourth-order valence-corrected chi connectivity index (χ4v) is 4.39. The van der Waals surface area contributed by atoms with E-state index in [4.69, 9.17) is 4.74 Å². The largest absolute Gasteiger partial charge is 0.428 e. The summed E-state index contributed by atoms with van der Waals surface area (Å²) >= 11 is 0. The molecule has 0 amide bonds. The fraction of sp³-hybridized carbons (Fsp3) is 0.765. The molecule has 3 aliphatic rings. The van der Waals surface area contributed by atoms with Gasteiger partial charge >= 0.3 is 18.5 Å². The Morgan fingerprint density at radius 2 is 1.73 bits per heavy atom. The minimum Gasteiger partial charge on any atom is -0.374 e. The lowest BCUT2D eigenvalue weighted by Crippen LogP contribution is -2.66. The molecular weight excluding hydrogens is 479 g/mol. The molecule has 0 radical (unpaired) electrons. The Balaban J connectivity index is 1.83.